The maximum atomic E-state index is 13.5. The van der Waals surface area contributed by atoms with Crippen molar-refractivity contribution in [2.24, 2.45) is 4.99 Å². The Balaban J connectivity index is 2.37. The van der Waals surface area contributed by atoms with Crippen LogP contribution in [0, 0.1) is 0 Å². The third-order valence-electron chi connectivity index (χ3n) is 5.16. The van der Waals surface area contributed by atoms with Crippen LogP contribution in [0.4, 0.5) is 0 Å². The highest BCUT2D eigenvalue weighted by atomic mass is 16.5. The number of rotatable bonds is 10. The molecule has 0 spiro atoms. The van der Waals surface area contributed by atoms with Gasteiger partial charge < -0.3 is 15.0 Å². The first-order valence-corrected chi connectivity index (χ1v) is 10.1. The van der Waals surface area contributed by atoms with Crippen LogP contribution in [0.5, 0.6) is 5.88 Å². The topological polar surface area (TPSA) is 79.7 Å². The number of nitrogens with one attached hydrogen (secondary N) is 1. The lowest BCUT2D eigenvalue weighted by Crippen LogP contribution is -2.34. The summed E-state index contributed by atoms with van der Waals surface area (Å²) in [6.45, 7) is 14.8. The van der Waals surface area contributed by atoms with Crippen LogP contribution in [-0.4, -0.2) is 46.7 Å². The first-order chi connectivity index (χ1) is 13.8. The van der Waals surface area contributed by atoms with Gasteiger partial charge in [0.05, 0.1) is 19.3 Å². The average Bonchev–Trinajstić information content (AvgIpc) is 3.44. The monoisotopic (exact) mass is 399 g/mol. The minimum Gasteiger partial charge on any atom is -0.481 e. The number of ether oxygens (including phenoxy) is 1. The van der Waals surface area contributed by atoms with Gasteiger partial charge in [-0.15, -0.1) is 0 Å². The highest BCUT2D eigenvalue weighted by Crippen LogP contribution is 2.37. The summed E-state index contributed by atoms with van der Waals surface area (Å²) < 4.78 is 5.17. The second-order valence-electron chi connectivity index (χ2n) is 7.77. The van der Waals surface area contributed by atoms with E-state index in [9.17, 15) is 4.79 Å². The second kappa shape index (κ2) is 9.67. The minimum absolute atomic E-state index is 0.0363. The first-order valence-electron chi connectivity index (χ1n) is 10.1. The van der Waals surface area contributed by atoms with E-state index >= 15 is 0 Å². The Morgan fingerprint density at radius 1 is 1.34 bits per heavy atom. The maximum absolute atomic E-state index is 13.5. The summed E-state index contributed by atoms with van der Waals surface area (Å²) in [5, 5.41) is 3.49. The fraction of sp³-hybridized carbons (Fsp3) is 0.545. The van der Waals surface area contributed by atoms with Crippen molar-refractivity contribution >= 4 is 12.6 Å². The number of nitrogens with zero attached hydrogens (tertiary/aromatic N) is 4. The van der Waals surface area contributed by atoms with Crippen LogP contribution < -0.4 is 10.1 Å². The molecule has 0 atom stereocenters. The van der Waals surface area contributed by atoms with Crippen molar-refractivity contribution in [3.63, 3.8) is 0 Å². The predicted molar refractivity (Wildman–Crippen MR) is 116 cm³/mol. The third-order valence-corrected chi connectivity index (χ3v) is 5.16. The van der Waals surface area contributed by atoms with E-state index in [1.807, 2.05) is 27.7 Å². The van der Waals surface area contributed by atoms with Crippen molar-refractivity contribution in [2.75, 3.05) is 13.7 Å². The van der Waals surface area contributed by atoms with E-state index in [1.54, 1.807) is 18.1 Å². The molecule has 7 heteroatoms. The molecule has 0 aliphatic heterocycles. The molecule has 7 nitrogen and oxygen atoms in total. The minimum atomic E-state index is -0.0363. The molecule has 1 saturated carbocycles. The SMILES string of the molecule is C=N/C(NC1(C)CC1)=C(\CC)C(C(=O)N(CC)Cc1cc(OC)ncn1)=C(C)C. The molecule has 0 bridgehead atoms. The zero-order valence-electron chi connectivity index (χ0n) is 18.5. The van der Waals surface area contributed by atoms with E-state index in [2.05, 4.69) is 33.9 Å². The van der Waals surface area contributed by atoms with Crippen LogP contribution in [0.1, 0.15) is 59.6 Å². The number of carbonyl (C=O) groups is 1. The van der Waals surface area contributed by atoms with E-state index in [0.717, 1.165) is 29.7 Å². The molecule has 0 aromatic carbocycles. The van der Waals surface area contributed by atoms with E-state index in [4.69, 9.17) is 4.74 Å². The van der Waals surface area contributed by atoms with Gasteiger partial charge in [0.1, 0.15) is 12.1 Å². The normalized spacial score (nSPS) is 15.1. The molecule has 1 heterocycles. The number of methoxy groups -OCH3 is 1. The Morgan fingerprint density at radius 3 is 2.52 bits per heavy atom. The van der Waals surface area contributed by atoms with Gasteiger partial charge in [0.25, 0.3) is 5.91 Å². The van der Waals surface area contributed by atoms with Gasteiger partial charge in [-0.3, -0.25) is 4.79 Å². The van der Waals surface area contributed by atoms with Crippen molar-refractivity contribution in [2.45, 2.75) is 66.0 Å². The Labute approximate surface area is 174 Å². The Morgan fingerprint density at radius 2 is 2.03 bits per heavy atom. The largest absolute Gasteiger partial charge is 0.481 e. The predicted octanol–water partition coefficient (Wildman–Crippen LogP) is 3.63. The number of allylic oxidation sites excluding steroid dienone is 1. The molecule has 1 amide bonds. The van der Waals surface area contributed by atoms with E-state index < -0.39 is 0 Å². The lowest BCUT2D eigenvalue weighted by Gasteiger charge is -2.26. The fourth-order valence-corrected chi connectivity index (χ4v) is 3.17. The zero-order valence-corrected chi connectivity index (χ0v) is 18.5. The molecule has 0 saturated heterocycles. The molecule has 1 aliphatic carbocycles. The van der Waals surface area contributed by atoms with Crippen molar-refractivity contribution in [3.8, 4) is 5.88 Å². The molecule has 1 aliphatic rings. The molecule has 1 aromatic rings. The first kappa shape index (κ1) is 22.6. The molecule has 1 aromatic heterocycles. The highest BCUT2D eigenvalue weighted by Gasteiger charge is 2.38. The molecular weight excluding hydrogens is 366 g/mol. The molecule has 1 N–H and O–H groups in total. The second-order valence-corrected chi connectivity index (χ2v) is 7.77. The van der Waals surface area contributed by atoms with E-state index in [0.29, 0.717) is 36.8 Å². The number of aromatic nitrogens is 2. The van der Waals surface area contributed by atoms with Crippen LogP contribution in [0.25, 0.3) is 0 Å². The number of hydrogen-bond donors (Lipinski definition) is 1. The van der Waals surface area contributed by atoms with Crippen LogP contribution in [0.3, 0.4) is 0 Å². The van der Waals surface area contributed by atoms with Gasteiger partial charge in [0.2, 0.25) is 5.88 Å². The smallest absolute Gasteiger partial charge is 0.254 e. The summed E-state index contributed by atoms with van der Waals surface area (Å²) in [6, 6.07) is 1.75. The van der Waals surface area contributed by atoms with Crippen molar-refractivity contribution in [1.82, 2.24) is 20.2 Å². The molecule has 0 unspecified atom stereocenters. The van der Waals surface area contributed by atoms with Crippen LogP contribution in [0.2, 0.25) is 0 Å². The number of amides is 1. The lowest BCUT2D eigenvalue weighted by atomic mass is 9.97. The van der Waals surface area contributed by atoms with Crippen LogP contribution >= 0.6 is 0 Å². The average molecular weight is 400 g/mol. The summed E-state index contributed by atoms with van der Waals surface area (Å²) in [6.07, 6.45) is 4.32. The maximum Gasteiger partial charge on any atom is 0.254 e. The number of carbonyl (C=O) groups excluding carboxylic acids is 1. The molecule has 2 rings (SSSR count). The summed E-state index contributed by atoms with van der Waals surface area (Å²) >= 11 is 0. The fourth-order valence-electron chi connectivity index (χ4n) is 3.17. The highest BCUT2D eigenvalue weighted by molar-refractivity contribution is 5.98. The van der Waals surface area contributed by atoms with Gasteiger partial charge in [-0.25, -0.2) is 15.0 Å². The van der Waals surface area contributed by atoms with Gasteiger partial charge in [-0.1, -0.05) is 12.5 Å². The quantitative estimate of drug-likeness (QED) is 0.369. The molecule has 1 fully saturated rings. The molecule has 29 heavy (non-hydrogen) atoms. The third kappa shape index (κ3) is 5.65. The van der Waals surface area contributed by atoms with Gasteiger partial charge in [0, 0.05) is 29.3 Å². The van der Waals surface area contributed by atoms with Crippen LogP contribution in [-0.2, 0) is 11.3 Å². The van der Waals surface area contributed by atoms with Crippen molar-refractivity contribution < 1.29 is 9.53 Å². The van der Waals surface area contributed by atoms with Crippen molar-refractivity contribution in [1.29, 1.82) is 0 Å². The summed E-state index contributed by atoms with van der Waals surface area (Å²) in [5.41, 5.74) is 3.32. The summed E-state index contributed by atoms with van der Waals surface area (Å²) in [4.78, 5) is 27.9. The number of aliphatic imine (C=N–C) groups is 1. The number of likely N-dealkylation sites (N-methyl/N-ethyl adjacent to an activating group) is 1. The van der Waals surface area contributed by atoms with Crippen LogP contribution in [0.15, 0.2) is 39.9 Å². The number of hydrogen-bond acceptors (Lipinski definition) is 6. The van der Waals surface area contributed by atoms with Gasteiger partial charge in [-0.2, -0.15) is 0 Å². The van der Waals surface area contributed by atoms with Gasteiger partial charge in [-0.05, 0) is 53.7 Å². The summed E-state index contributed by atoms with van der Waals surface area (Å²) in [5.74, 6) is 1.15. The molecule has 158 valence electrons. The Kier molecular flexibility index (Phi) is 7.53. The summed E-state index contributed by atoms with van der Waals surface area (Å²) in [7, 11) is 1.56. The standard InChI is InChI=1S/C22H33N5O2/c1-8-17(20(23-6)26-22(5)10-11-22)19(15(3)4)21(28)27(9-2)13-16-12-18(29-7)25-14-24-16/h12,14,26H,6,8-11,13H2,1-5,7H3/b20-17-. The zero-order chi connectivity index (χ0) is 21.6. The van der Waals surface area contributed by atoms with E-state index in [-0.39, 0.29) is 11.4 Å². The lowest BCUT2D eigenvalue weighted by molar-refractivity contribution is -0.127. The Hall–Kier alpha value is -2.70. The van der Waals surface area contributed by atoms with Gasteiger partial charge in [0.15, 0.2) is 0 Å². The molecular formula is C22H33N5O2. The van der Waals surface area contributed by atoms with E-state index in [1.165, 1.54) is 6.33 Å². The Bertz CT molecular complexity index is 820. The van der Waals surface area contributed by atoms with Crippen molar-refractivity contribution in [3.05, 3.63) is 40.6 Å². The molecule has 0 radical (unpaired) electrons. The van der Waals surface area contributed by atoms with Gasteiger partial charge >= 0.3 is 0 Å².